The fourth-order valence-electron chi connectivity index (χ4n) is 3.31. The number of carbonyl (C=O) groups is 1. The third-order valence-electron chi connectivity index (χ3n) is 4.66. The first-order valence-electron chi connectivity index (χ1n) is 8.13. The first-order valence-corrected chi connectivity index (χ1v) is 8.13. The maximum atomic E-state index is 12.8. The summed E-state index contributed by atoms with van der Waals surface area (Å²) in [5.41, 5.74) is 1.73. The van der Waals surface area contributed by atoms with Gasteiger partial charge in [0.15, 0.2) is 0 Å². The van der Waals surface area contributed by atoms with Crippen LogP contribution in [0.3, 0.4) is 0 Å². The zero-order chi connectivity index (χ0) is 16.2. The molecule has 1 aliphatic carbocycles. The second-order valence-electron chi connectivity index (χ2n) is 6.77. The molecule has 22 heavy (non-hydrogen) atoms. The molecule has 0 spiro atoms. The Kier molecular flexibility index (Phi) is 5.59. The summed E-state index contributed by atoms with van der Waals surface area (Å²) in [7, 11) is 3.83. The smallest absolute Gasteiger partial charge is 0.242 e. The van der Waals surface area contributed by atoms with E-state index in [1.54, 1.807) is 0 Å². The molecule has 0 heterocycles. The van der Waals surface area contributed by atoms with Crippen molar-refractivity contribution in [1.82, 2.24) is 10.2 Å². The molecule has 0 saturated heterocycles. The molecule has 1 saturated carbocycles. The van der Waals surface area contributed by atoms with Gasteiger partial charge in [0.25, 0.3) is 0 Å². The number of aryl methyl sites for hydroxylation is 1. The van der Waals surface area contributed by atoms with Crippen molar-refractivity contribution in [2.24, 2.45) is 0 Å². The van der Waals surface area contributed by atoms with Gasteiger partial charge in [0.05, 0.1) is 12.1 Å². The van der Waals surface area contributed by atoms with E-state index in [-0.39, 0.29) is 18.6 Å². The van der Waals surface area contributed by atoms with Crippen LogP contribution in [0, 0.1) is 6.92 Å². The van der Waals surface area contributed by atoms with Crippen LogP contribution in [0.4, 0.5) is 0 Å². The lowest BCUT2D eigenvalue weighted by molar-refractivity contribution is -0.129. The zero-order valence-electron chi connectivity index (χ0n) is 13.9. The van der Waals surface area contributed by atoms with Gasteiger partial charge in [0, 0.05) is 0 Å². The van der Waals surface area contributed by atoms with Crippen LogP contribution in [0.25, 0.3) is 0 Å². The first-order chi connectivity index (χ1) is 10.5. The summed E-state index contributed by atoms with van der Waals surface area (Å²) < 4.78 is 0. The maximum Gasteiger partial charge on any atom is 0.242 e. The molecule has 2 N–H and O–H groups in total. The normalized spacial score (nSPS) is 19.0. The molecule has 122 valence electrons. The van der Waals surface area contributed by atoms with E-state index < -0.39 is 5.54 Å². The first kappa shape index (κ1) is 17.0. The van der Waals surface area contributed by atoms with Crippen LogP contribution in [-0.4, -0.2) is 42.2 Å². The van der Waals surface area contributed by atoms with Crippen molar-refractivity contribution in [2.75, 3.05) is 20.7 Å². The highest BCUT2D eigenvalue weighted by molar-refractivity contribution is 5.84. The summed E-state index contributed by atoms with van der Waals surface area (Å²) in [6.45, 7) is 2.06. The number of benzene rings is 1. The molecule has 1 amide bonds. The van der Waals surface area contributed by atoms with Crippen molar-refractivity contribution in [2.45, 2.75) is 50.6 Å². The monoisotopic (exact) mass is 304 g/mol. The molecule has 0 radical (unpaired) electrons. The number of amides is 1. The minimum absolute atomic E-state index is 0.0206. The van der Waals surface area contributed by atoms with E-state index in [9.17, 15) is 9.90 Å². The van der Waals surface area contributed by atoms with Crippen molar-refractivity contribution in [3.63, 3.8) is 0 Å². The van der Waals surface area contributed by atoms with E-state index in [0.29, 0.717) is 0 Å². The molecule has 1 unspecified atom stereocenters. The number of aliphatic hydroxyl groups is 1. The minimum atomic E-state index is -0.436. The Bertz CT molecular complexity index is 490. The average Bonchev–Trinajstić information content (AvgIpc) is 2.50. The molecule has 1 aliphatic rings. The lowest BCUT2D eigenvalue weighted by Crippen LogP contribution is -2.55. The quantitative estimate of drug-likeness (QED) is 0.878. The van der Waals surface area contributed by atoms with Crippen LogP contribution in [0.1, 0.15) is 49.3 Å². The molecule has 2 rings (SSSR count). The highest BCUT2D eigenvalue weighted by Gasteiger charge is 2.35. The molecule has 4 nitrogen and oxygen atoms in total. The van der Waals surface area contributed by atoms with Crippen molar-refractivity contribution in [3.05, 3.63) is 35.4 Å². The van der Waals surface area contributed by atoms with Gasteiger partial charge in [-0.3, -0.25) is 9.69 Å². The standard InChI is InChI=1S/C18H28N2O2/c1-14-7-9-15(10-8-14)16(20(2)3)17(22)19-18(13-21)11-5-4-6-12-18/h7-10,16,21H,4-6,11-13H2,1-3H3,(H,19,22). The molecule has 0 bridgehead atoms. The lowest BCUT2D eigenvalue weighted by Gasteiger charge is -2.38. The molecule has 1 aromatic rings. The van der Waals surface area contributed by atoms with E-state index >= 15 is 0 Å². The Labute approximate surface area is 133 Å². The number of nitrogens with one attached hydrogen (secondary N) is 1. The third-order valence-corrected chi connectivity index (χ3v) is 4.66. The molecule has 1 fully saturated rings. The van der Waals surface area contributed by atoms with Crippen LogP contribution in [0.5, 0.6) is 0 Å². The Morgan fingerprint density at radius 2 is 1.82 bits per heavy atom. The zero-order valence-corrected chi connectivity index (χ0v) is 13.9. The summed E-state index contributed by atoms with van der Waals surface area (Å²) >= 11 is 0. The second-order valence-corrected chi connectivity index (χ2v) is 6.77. The predicted molar refractivity (Wildman–Crippen MR) is 88.7 cm³/mol. The van der Waals surface area contributed by atoms with E-state index in [2.05, 4.69) is 5.32 Å². The van der Waals surface area contributed by atoms with Crippen molar-refractivity contribution < 1.29 is 9.90 Å². The van der Waals surface area contributed by atoms with Gasteiger partial charge in [-0.25, -0.2) is 0 Å². The number of carbonyl (C=O) groups excluding carboxylic acids is 1. The van der Waals surface area contributed by atoms with Gasteiger partial charge in [-0.2, -0.15) is 0 Å². The van der Waals surface area contributed by atoms with E-state index in [1.165, 1.54) is 12.0 Å². The van der Waals surface area contributed by atoms with Crippen LogP contribution in [-0.2, 0) is 4.79 Å². The van der Waals surface area contributed by atoms with Gasteiger partial charge < -0.3 is 10.4 Å². The fourth-order valence-corrected chi connectivity index (χ4v) is 3.31. The summed E-state index contributed by atoms with van der Waals surface area (Å²) in [6, 6.07) is 7.74. The minimum Gasteiger partial charge on any atom is -0.394 e. The van der Waals surface area contributed by atoms with Gasteiger partial charge >= 0.3 is 0 Å². The van der Waals surface area contributed by atoms with Gasteiger partial charge in [-0.1, -0.05) is 49.1 Å². The Balaban J connectivity index is 2.17. The number of hydrogen-bond acceptors (Lipinski definition) is 3. The maximum absolute atomic E-state index is 12.8. The summed E-state index contributed by atoms with van der Waals surface area (Å²) in [5, 5.41) is 12.9. The fraction of sp³-hybridized carbons (Fsp3) is 0.611. The number of likely N-dealkylation sites (N-methyl/N-ethyl adjacent to an activating group) is 1. The van der Waals surface area contributed by atoms with Crippen molar-refractivity contribution in [3.8, 4) is 0 Å². The Morgan fingerprint density at radius 1 is 1.23 bits per heavy atom. The molecule has 1 atom stereocenters. The molecule has 1 aromatic carbocycles. The number of rotatable bonds is 5. The number of nitrogens with zero attached hydrogens (tertiary/aromatic N) is 1. The molecular weight excluding hydrogens is 276 g/mol. The number of hydrogen-bond donors (Lipinski definition) is 2. The highest BCUT2D eigenvalue weighted by Crippen LogP contribution is 2.29. The van der Waals surface area contributed by atoms with Crippen molar-refractivity contribution >= 4 is 5.91 Å². The molecule has 0 aromatic heterocycles. The highest BCUT2D eigenvalue weighted by atomic mass is 16.3. The molecule has 4 heteroatoms. The molecule has 0 aliphatic heterocycles. The van der Waals surface area contributed by atoms with E-state index in [4.69, 9.17) is 0 Å². The summed E-state index contributed by atoms with van der Waals surface area (Å²) in [6.07, 6.45) is 5.05. The van der Waals surface area contributed by atoms with Crippen LogP contribution < -0.4 is 5.32 Å². The van der Waals surface area contributed by atoms with Gasteiger partial charge in [-0.15, -0.1) is 0 Å². The second kappa shape index (κ2) is 7.25. The van der Waals surface area contributed by atoms with Crippen LogP contribution >= 0.6 is 0 Å². The Morgan fingerprint density at radius 3 is 2.32 bits per heavy atom. The third kappa shape index (κ3) is 3.87. The van der Waals surface area contributed by atoms with Crippen LogP contribution in [0.15, 0.2) is 24.3 Å². The predicted octanol–water partition coefficient (Wildman–Crippen LogP) is 2.41. The lowest BCUT2D eigenvalue weighted by atomic mass is 9.82. The topological polar surface area (TPSA) is 52.6 Å². The Hall–Kier alpha value is -1.39. The molecular formula is C18H28N2O2. The van der Waals surface area contributed by atoms with Crippen LogP contribution in [0.2, 0.25) is 0 Å². The van der Waals surface area contributed by atoms with E-state index in [1.807, 2.05) is 50.2 Å². The SMILES string of the molecule is Cc1ccc(C(C(=O)NC2(CO)CCCCC2)N(C)C)cc1. The summed E-state index contributed by atoms with van der Waals surface area (Å²) in [4.78, 5) is 14.8. The van der Waals surface area contributed by atoms with Gasteiger partial charge in [0.2, 0.25) is 5.91 Å². The van der Waals surface area contributed by atoms with Gasteiger partial charge in [0.1, 0.15) is 6.04 Å². The average molecular weight is 304 g/mol. The van der Waals surface area contributed by atoms with E-state index in [0.717, 1.165) is 31.2 Å². The van der Waals surface area contributed by atoms with Gasteiger partial charge in [-0.05, 0) is 39.4 Å². The summed E-state index contributed by atoms with van der Waals surface area (Å²) in [5.74, 6) is -0.0233. The largest absolute Gasteiger partial charge is 0.394 e. The number of aliphatic hydroxyl groups excluding tert-OH is 1. The van der Waals surface area contributed by atoms with Crippen molar-refractivity contribution in [1.29, 1.82) is 0 Å².